The zero-order chi connectivity index (χ0) is 17.4. The van der Waals surface area contributed by atoms with Crippen molar-refractivity contribution in [3.8, 4) is 0 Å². The van der Waals surface area contributed by atoms with Crippen molar-refractivity contribution >= 4 is 12.0 Å². The molecule has 0 aromatic heterocycles. The van der Waals surface area contributed by atoms with E-state index in [4.69, 9.17) is 4.74 Å². The molecule has 2 rings (SSSR count). The van der Waals surface area contributed by atoms with E-state index in [-0.39, 0.29) is 12.0 Å². The number of ether oxygens (including phenoxy) is 1. The first-order valence-corrected chi connectivity index (χ1v) is 8.64. The molecule has 1 aliphatic rings. The Bertz CT molecular complexity index is 534. The lowest BCUT2D eigenvalue weighted by molar-refractivity contribution is -0.132. The van der Waals surface area contributed by atoms with Gasteiger partial charge in [0.05, 0.1) is 6.61 Å². The van der Waals surface area contributed by atoms with Gasteiger partial charge >= 0.3 is 6.09 Å². The molecular formula is C19H27N2O3. The lowest BCUT2D eigenvalue weighted by Crippen LogP contribution is -2.50. The fourth-order valence-corrected chi connectivity index (χ4v) is 2.67. The number of nitrogens with zero attached hydrogens (tertiary/aromatic N) is 2. The minimum absolute atomic E-state index is 0.158. The van der Waals surface area contributed by atoms with Gasteiger partial charge in [-0.15, -0.1) is 0 Å². The van der Waals surface area contributed by atoms with Crippen LogP contribution in [0.15, 0.2) is 24.3 Å². The molecule has 0 aliphatic carbocycles. The molecule has 1 aromatic carbocycles. The molecule has 24 heavy (non-hydrogen) atoms. The fraction of sp³-hybridized carbons (Fsp3) is 0.526. The largest absolute Gasteiger partial charge is 0.449 e. The summed E-state index contributed by atoms with van der Waals surface area (Å²) < 4.78 is 5.35. The smallest absolute Gasteiger partial charge is 0.409 e. The van der Waals surface area contributed by atoms with Gasteiger partial charge in [-0.2, -0.15) is 0 Å². The average Bonchev–Trinajstić information content (AvgIpc) is 2.61. The van der Waals surface area contributed by atoms with Gasteiger partial charge in [-0.25, -0.2) is 4.79 Å². The summed E-state index contributed by atoms with van der Waals surface area (Å²) in [6, 6.07) is 8.22. The summed E-state index contributed by atoms with van der Waals surface area (Å²) in [5.74, 6) is 0.158. The standard InChI is InChI=1S/C19H27N2O3/c1-3-4-5-18(22)20-11-13-21(14-12-20)19(23)24-15-10-17-8-6-16(2)7-9-17/h6-9H,1,3-5,10-15H2,2H3. The Morgan fingerprint density at radius 2 is 1.71 bits per heavy atom. The van der Waals surface area contributed by atoms with Crippen LogP contribution in [0.5, 0.6) is 0 Å². The van der Waals surface area contributed by atoms with Crippen LogP contribution in [0.1, 0.15) is 30.4 Å². The van der Waals surface area contributed by atoms with E-state index in [0.29, 0.717) is 39.2 Å². The Morgan fingerprint density at radius 3 is 2.33 bits per heavy atom. The third kappa shape index (κ3) is 5.55. The molecular weight excluding hydrogens is 304 g/mol. The number of amides is 2. The van der Waals surface area contributed by atoms with Crippen LogP contribution in [0, 0.1) is 13.8 Å². The summed E-state index contributed by atoms with van der Waals surface area (Å²) in [4.78, 5) is 27.5. The highest BCUT2D eigenvalue weighted by Crippen LogP contribution is 2.08. The van der Waals surface area contributed by atoms with Crippen molar-refractivity contribution in [3.05, 3.63) is 42.3 Å². The molecule has 1 aliphatic heterocycles. The molecule has 1 saturated heterocycles. The molecule has 131 valence electrons. The van der Waals surface area contributed by atoms with Crippen LogP contribution in [0.4, 0.5) is 4.79 Å². The maximum atomic E-state index is 12.1. The normalized spacial score (nSPS) is 14.6. The first kappa shape index (κ1) is 18.3. The molecule has 0 saturated carbocycles. The zero-order valence-electron chi connectivity index (χ0n) is 14.5. The predicted molar refractivity (Wildman–Crippen MR) is 93.6 cm³/mol. The van der Waals surface area contributed by atoms with E-state index in [1.807, 2.05) is 11.8 Å². The third-order valence-corrected chi connectivity index (χ3v) is 4.27. The van der Waals surface area contributed by atoms with E-state index in [1.165, 1.54) is 5.56 Å². The predicted octanol–water partition coefficient (Wildman–Crippen LogP) is 2.82. The molecule has 5 heteroatoms. The van der Waals surface area contributed by atoms with Crippen molar-refractivity contribution in [2.24, 2.45) is 0 Å². The maximum absolute atomic E-state index is 12.1. The SMILES string of the molecule is [CH2]CCCC(=O)N1CCN(C(=O)OCCc2ccc(C)cc2)CC1. The molecule has 1 heterocycles. The van der Waals surface area contributed by atoms with E-state index in [1.54, 1.807) is 4.90 Å². The van der Waals surface area contributed by atoms with Gasteiger partial charge in [-0.3, -0.25) is 4.79 Å². The maximum Gasteiger partial charge on any atom is 0.409 e. The van der Waals surface area contributed by atoms with Gasteiger partial charge in [0.2, 0.25) is 5.91 Å². The van der Waals surface area contributed by atoms with Crippen molar-refractivity contribution in [1.29, 1.82) is 0 Å². The minimum Gasteiger partial charge on any atom is -0.449 e. The number of benzene rings is 1. The van der Waals surface area contributed by atoms with Crippen LogP contribution in [0.2, 0.25) is 0 Å². The number of unbranched alkanes of at least 4 members (excludes halogenated alkanes) is 1. The molecule has 0 spiro atoms. The average molecular weight is 331 g/mol. The first-order valence-electron chi connectivity index (χ1n) is 8.64. The van der Waals surface area contributed by atoms with Crippen LogP contribution in [-0.2, 0) is 16.0 Å². The summed E-state index contributed by atoms with van der Waals surface area (Å²) in [6.45, 7) is 8.44. The van der Waals surface area contributed by atoms with Crippen LogP contribution < -0.4 is 0 Å². The van der Waals surface area contributed by atoms with Gasteiger partial charge < -0.3 is 14.5 Å². The summed E-state index contributed by atoms with van der Waals surface area (Å²) in [5, 5.41) is 0. The van der Waals surface area contributed by atoms with E-state index in [0.717, 1.165) is 24.8 Å². The summed E-state index contributed by atoms with van der Waals surface area (Å²) in [5.41, 5.74) is 2.38. The molecule has 1 radical (unpaired) electrons. The van der Waals surface area contributed by atoms with E-state index >= 15 is 0 Å². The van der Waals surface area contributed by atoms with Gasteiger partial charge in [-0.05, 0) is 18.9 Å². The van der Waals surface area contributed by atoms with Crippen LogP contribution in [0.25, 0.3) is 0 Å². The lowest BCUT2D eigenvalue weighted by atomic mass is 10.1. The van der Waals surface area contributed by atoms with Crippen molar-refractivity contribution < 1.29 is 14.3 Å². The topological polar surface area (TPSA) is 49.9 Å². The Morgan fingerprint density at radius 1 is 1.08 bits per heavy atom. The number of hydrogen-bond donors (Lipinski definition) is 0. The van der Waals surface area contributed by atoms with E-state index in [2.05, 4.69) is 31.2 Å². The molecule has 0 bridgehead atoms. The van der Waals surface area contributed by atoms with E-state index < -0.39 is 0 Å². The Labute approximate surface area is 144 Å². The monoisotopic (exact) mass is 331 g/mol. The van der Waals surface area contributed by atoms with Crippen LogP contribution in [-0.4, -0.2) is 54.6 Å². The van der Waals surface area contributed by atoms with Crippen LogP contribution >= 0.6 is 0 Å². The van der Waals surface area contributed by atoms with E-state index in [9.17, 15) is 9.59 Å². The molecule has 5 nitrogen and oxygen atoms in total. The molecule has 0 N–H and O–H groups in total. The summed E-state index contributed by atoms with van der Waals surface area (Å²) in [7, 11) is 0. The molecule has 0 unspecified atom stereocenters. The van der Waals surface area contributed by atoms with Crippen molar-refractivity contribution in [2.45, 2.75) is 32.6 Å². The highest BCUT2D eigenvalue weighted by molar-refractivity contribution is 5.76. The van der Waals surface area contributed by atoms with Gasteiger partial charge in [0.25, 0.3) is 0 Å². The highest BCUT2D eigenvalue weighted by atomic mass is 16.6. The summed E-state index contributed by atoms with van der Waals surface area (Å²) in [6.07, 6.45) is 2.58. The highest BCUT2D eigenvalue weighted by Gasteiger charge is 2.24. The number of carbonyl (C=O) groups excluding carboxylic acids is 2. The fourth-order valence-electron chi connectivity index (χ4n) is 2.67. The Hall–Kier alpha value is -2.04. The van der Waals surface area contributed by atoms with Gasteiger partial charge in [-0.1, -0.05) is 43.2 Å². The lowest BCUT2D eigenvalue weighted by Gasteiger charge is -2.34. The van der Waals surface area contributed by atoms with Gasteiger partial charge in [0, 0.05) is 39.0 Å². The number of aryl methyl sites for hydroxylation is 1. The van der Waals surface area contributed by atoms with Crippen molar-refractivity contribution in [2.75, 3.05) is 32.8 Å². The van der Waals surface area contributed by atoms with Crippen molar-refractivity contribution in [1.82, 2.24) is 9.80 Å². The Kier molecular flexibility index (Phi) is 7.09. The first-order chi connectivity index (χ1) is 11.6. The second-order valence-electron chi connectivity index (χ2n) is 6.17. The Balaban J connectivity index is 1.67. The number of rotatable bonds is 6. The van der Waals surface area contributed by atoms with Crippen molar-refractivity contribution in [3.63, 3.8) is 0 Å². The molecule has 2 amide bonds. The third-order valence-electron chi connectivity index (χ3n) is 4.27. The molecule has 1 fully saturated rings. The number of hydrogen-bond acceptors (Lipinski definition) is 3. The quantitative estimate of drug-likeness (QED) is 0.805. The van der Waals surface area contributed by atoms with Gasteiger partial charge in [0.1, 0.15) is 0 Å². The second kappa shape index (κ2) is 9.30. The molecule has 1 aromatic rings. The minimum atomic E-state index is -0.285. The number of piperazine rings is 1. The zero-order valence-corrected chi connectivity index (χ0v) is 14.5. The number of carbonyl (C=O) groups is 2. The second-order valence-corrected chi connectivity index (χ2v) is 6.17. The van der Waals surface area contributed by atoms with Gasteiger partial charge in [0.15, 0.2) is 0 Å². The molecule has 0 atom stereocenters. The summed E-state index contributed by atoms with van der Waals surface area (Å²) >= 11 is 0. The van der Waals surface area contributed by atoms with Crippen LogP contribution in [0.3, 0.4) is 0 Å².